The zero-order valence-electron chi connectivity index (χ0n) is 17.5. The third-order valence-electron chi connectivity index (χ3n) is 5.68. The van der Waals surface area contributed by atoms with Crippen LogP contribution in [0.4, 0.5) is 0 Å². The molecule has 0 saturated carbocycles. The van der Waals surface area contributed by atoms with Gasteiger partial charge in [0.05, 0.1) is 0 Å². The summed E-state index contributed by atoms with van der Waals surface area (Å²) in [5, 5.41) is 8.70. The van der Waals surface area contributed by atoms with E-state index in [1.807, 2.05) is 0 Å². The summed E-state index contributed by atoms with van der Waals surface area (Å²) >= 11 is 0. The van der Waals surface area contributed by atoms with Gasteiger partial charge < -0.3 is 5.41 Å². The summed E-state index contributed by atoms with van der Waals surface area (Å²) in [6, 6.07) is 0. The van der Waals surface area contributed by atoms with Gasteiger partial charge in [-0.05, 0) is 37.5 Å². The number of nitrogens with one attached hydrogen (secondary N) is 1. The summed E-state index contributed by atoms with van der Waals surface area (Å²) in [5.74, 6) is 1.11. The first-order valence-corrected chi connectivity index (χ1v) is 11.3. The SMILES string of the molecule is CCCCCCCCC(CC)C(=N)C(CC)CCCCCCCC. The minimum Gasteiger partial charge on any atom is -0.309 e. The van der Waals surface area contributed by atoms with Crippen LogP contribution in [-0.4, -0.2) is 5.71 Å². The lowest BCUT2D eigenvalue weighted by atomic mass is 9.82. The van der Waals surface area contributed by atoms with Crippen molar-refractivity contribution in [2.45, 2.75) is 130 Å². The van der Waals surface area contributed by atoms with Crippen LogP contribution in [0.25, 0.3) is 0 Å². The van der Waals surface area contributed by atoms with Crippen LogP contribution in [0.3, 0.4) is 0 Å². The van der Waals surface area contributed by atoms with Gasteiger partial charge in [-0.1, -0.05) is 105 Å². The molecule has 2 atom stereocenters. The average molecular weight is 338 g/mol. The van der Waals surface area contributed by atoms with E-state index < -0.39 is 0 Å². The molecular weight excluding hydrogens is 290 g/mol. The Morgan fingerprint density at radius 1 is 0.542 bits per heavy atom. The normalized spacial score (nSPS) is 13.8. The van der Waals surface area contributed by atoms with Crippen molar-refractivity contribution in [3.8, 4) is 0 Å². The van der Waals surface area contributed by atoms with Crippen molar-refractivity contribution in [1.82, 2.24) is 0 Å². The van der Waals surface area contributed by atoms with E-state index >= 15 is 0 Å². The van der Waals surface area contributed by atoms with Crippen LogP contribution in [0.1, 0.15) is 130 Å². The van der Waals surface area contributed by atoms with Crippen molar-refractivity contribution in [2.75, 3.05) is 0 Å². The fourth-order valence-electron chi connectivity index (χ4n) is 3.83. The van der Waals surface area contributed by atoms with Gasteiger partial charge in [-0.3, -0.25) is 0 Å². The molecule has 1 heteroatoms. The molecule has 0 aromatic carbocycles. The van der Waals surface area contributed by atoms with Crippen LogP contribution >= 0.6 is 0 Å². The lowest BCUT2D eigenvalue weighted by molar-refractivity contribution is 0.475. The standard InChI is InChI=1S/C23H47N/c1-5-9-11-13-15-17-19-21(7-3)23(24)22(8-4)20-18-16-14-12-10-6-2/h21-22,24H,5-20H2,1-4H3. The van der Waals surface area contributed by atoms with Gasteiger partial charge >= 0.3 is 0 Å². The van der Waals surface area contributed by atoms with E-state index in [4.69, 9.17) is 5.41 Å². The zero-order chi connectivity index (χ0) is 18.0. The summed E-state index contributed by atoms with van der Waals surface area (Å²) in [4.78, 5) is 0. The van der Waals surface area contributed by atoms with E-state index in [1.54, 1.807) is 0 Å². The molecule has 1 N–H and O–H groups in total. The third kappa shape index (κ3) is 12.1. The Bertz CT molecular complexity index is 245. The highest BCUT2D eigenvalue weighted by molar-refractivity contribution is 5.86. The van der Waals surface area contributed by atoms with Crippen LogP contribution < -0.4 is 0 Å². The van der Waals surface area contributed by atoms with Gasteiger partial charge in [0.1, 0.15) is 0 Å². The molecule has 0 amide bonds. The molecule has 0 saturated heterocycles. The first-order chi connectivity index (χ1) is 11.7. The number of hydrogen-bond donors (Lipinski definition) is 1. The van der Waals surface area contributed by atoms with Gasteiger partial charge in [-0.25, -0.2) is 0 Å². The fourth-order valence-corrected chi connectivity index (χ4v) is 3.83. The van der Waals surface area contributed by atoms with E-state index in [1.165, 1.54) is 103 Å². The monoisotopic (exact) mass is 337 g/mol. The van der Waals surface area contributed by atoms with E-state index in [2.05, 4.69) is 27.7 Å². The zero-order valence-corrected chi connectivity index (χ0v) is 17.5. The van der Waals surface area contributed by atoms with Gasteiger partial charge in [0.2, 0.25) is 0 Å². The molecule has 144 valence electrons. The van der Waals surface area contributed by atoms with Gasteiger partial charge in [-0.15, -0.1) is 0 Å². The lowest BCUT2D eigenvalue weighted by Crippen LogP contribution is -2.22. The Morgan fingerprint density at radius 3 is 1.21 bits per heavy atom. The molecule has 0 aliphatic carbocycles. The molecule has 0 fully saturated rings. The predicted octanol–water partition coefficient (Wildman–Crippen LogP) is 8.56. The quantitative estimate of drug-likeness (QED) is 0.191. The highest BCUT2D eigenvalue weighted by Crippen LogP contribution is 2.25. The highest BCUT2D eigenvalue weighted by Gasteiger charge is 2.20. The molecule has 0 heterocycles. The minimum atomic E-state index is 0.557. The summed E-state index contributed by atoms with van der Waals surface area (Å²) in [6.45, 7) is 9.13. The Labute approximate surface area is 153 Å². The van der Waals surface area contributed by atoms with Crippen molar-refractivity contribution in [2.24, 2.45) is 11.8 Å². The maximum absolute atomic E-state index is 8.70. The summed E-state index contributed by atoms with van der Waals surface area (Å²) in [6.07, 6.45) is 21.3. The van der Waals surface area contributed by atoms with Crippen LogP contribution in [0, 0.1) is 17.2 Å². The van der Waals surface area contributed by atoms with Gasteiger partial charge in [0.25, 0.3) is 0 Å². The lowest BCUT2D eigenvalue weighted by Gasteiger charge is -2.24. The third-order valence-corrected chi connectivity index (χ3v) is 5.68. The Kier molecular flexibility index (Phi) is 17.3. The van der Waals surface area contributed by atoms with Crippen molar-refractivity contribution in [1.29, 1.82) is 5.41 Å². The molecule has 0 aromatic rings. The van der Waals surface area contributed by atoms with Gasteiger partial charge in [-0.2, -0.15) is 0 Å². The van der Waals surface area contributed by atoms with Crippen LogP contribution in [0.15, 0.2) is 0 Å². The molecule has 24 heavy (non-hydrogen) atoms. The number of unbranched alkanes of at least 4 members (excludes halogenated alkanes) is 10. The molecule has 0 aliphatic heterocycles. The highest BCUT2D eigenvalue weighted by atomic mass is 14.5. The van der Waals surface area contributed by atoms with Gasteiger partial charge in [0, 0.05) is 5.71 Å². The molecule has 1 nitrogen and oxygen atoms in total. The summed E-state index contributed by atoms with van der Waals surface area (Å²) in [7, 11) is 0. The molecule has 2 unspecified atom stereocenters. The van der Waals surface area contributed by atoms with E-state index in [0.29, 0.717) is 11.8 Å². The maximum atomic E-state index is 8.70. The molecule has 0 aliphatic rings. The molecule has 0 bridgehead atoms. The second-order valence-electron chi connectivity index (χ2n) is 7.78. The molecule has 0 rings (SSSR count). The largest absolute Gasteiger partial charge is 0.309 e. The Balaban J connectivity index is 3.98. The number of hydrogen-bond acceptors (Lipinski definition) is 1. The van der Waals surface area contributed by atoms with E-state index in [9.17, 15) is 0 Å². The molecule has 0 aromatic heterocycles. The van der Waals surface area contributed by atoms with Crippen LogP contribution in [0.5, 0.6) is 0 Å². The average Bonchev–Trinajstić information content (AvgIpc) is 2.60. The number of rotatable bonds is 18. The molecule has 0 radical (unpaired) electrons. The Morgan fingerprint density at radius 2 is 0.875 bits per heavy atom. The van der Waals surface area contributed by atoms with Crippen LogP contribution in [0.2, 0.25) is 0 Å². The summed E-state index contributed by atoms with van der Waals surface area (Å²) < 4.78 is 0. The molecular formula is C23H47N. The minimum absolute atomic E-state index is 0.557. The van der Waals surface area contributed by atoms with Crippen molar-refractivity contribution >= 4 is 5.71 Å². The summed E-state index contributed by atoms with van der Waals surface area (Å²) in [5.41, 5.74) is 1.09. The maximum Gasteiger partial charge on any atom is 0.0151 e. The van der Waals surface area contributed by atoms with Crippen molar-refractivity contribution in [3.63, 3.8) is 0 Å². The first kappa shape index (κ1) is 23.7. The second kappa shape index (κ2) is 17.5. The second-order valence-corrected chi connectivity index (χ2v) is 7.78. The van der Waals surface area contributed by atoms with Crippen molar-refractivity contribution < 1.29 is 0 Å². The van der Waals surface area contributed by atoms with E-state index in [-0.39, 0.29) is 0 Å². The van der Waals surface area contributed by atoms with Gasteiger partial charge in [0.15, 0.2) is 0 Å². The van der Waals surface area contributed by atoms with Crippen LogP contribution in [-0.2, 0) is 0 Å². The van der Waals surface area contributed by atoms with Crippen molar-refractivity contribution in [3.05, 3.63) is 0 Å². The van der Waals surface area contributed by atoms with E-state index in [0.717, 1.165) is 5.71 Å². The Hall–Kier alpha value is -0.330. The molecule has 0 spiro atoms. The predicted molar refractivity (Wildman–Crippen MR) is 111 cm³/mol. The topological polar surface area (TPSA) is 23.9 Å². The fraction of sp³-hybridized carbons (Fsp3) is 0.957. The first-order valence-electron chi connectivity index (χ1n) is 11.3. The smallest absolute Gasteiger partial charge is 0.0151 e.